The lowest BCUT2D eigenvalue weighted by atomic mass is 9.74. The lowest BCUT2D eigenvalue weighted by Crippen LogP contribution is -2.79. The number of ketones is 1. The zero-order valence-corrected chi connectivity index (χ0v) is 40.3. The summed E-state index contributed by atoms with van der Waals surface area (Å²) in [4.78, 5) is 72.8. The minimum absolute atomic E-state index is 0.0995. The molecule has 2 aliphatic heterocycles. The number of hydrogen-bond acceptors (Lipinski definition) is 15. The molecule has 0 spiro atoms. The maximum absolute atomic E-state index is 15.3. The van der Waals surface area contributed by atoms with Crippen molar-refractivity contribution in [3.63, 3.8) is 0 Å². The van der Waals surface area contributed by atoms with Crippen molar-refractivity contribution in [2.45, 2.75) is 200 Å². The van der Waals surface area contributed by atoms with E-state index >= 15 is 4.79 Å². The van der Waals surface area contributed by atoms with Crippen LogP contribution in [-0.4, -0.2) is 111 Å². The molecule has 2 saturated heterocycles. The predicted molar refractivity (Wildman–Crippen MR) is 232 cm³/mol. The lowest BCUT2D eigenvalue weighted by Gasteiger charge is -2.51. The van der Waals surface area contributed by atoms with E-state index in [1.807, 2.05) is 37.3 Å². The van der Waals surface area contributed by atoms with Gasteiger partial charge in [-0.05, 0) is 112 Å². The molecule has 2 fully saturated rings. The Balaban J connectivity index is 2.44. The molecule has 1 aromatic carbocycles. The molecule has 1 aromatic rings. The molecule has 15 nitrogen and oxygen atoms in total. The summed E-state index contributed by atoms with van der Waals surface area (Å²) in [6, 6.07) is 9.29. The first-order valence-electron chi connectivity index (χ1n) is 21.9. The van der Waals surface area contributed by atoms with Crippen LogP contribution in [0.5, 0.6) is 0 Å². The van der Waals surface area contributed by atoms with Crippen LogP contribution in [0.4, 0.5) is 0 Å². The van der Waals surface area contributed by atoms with Gasteiger partial charge in [0.1, 0.15) is 22.9 Å². The maximum Gasteiger partial charge on any atom is 0.347 e. The average Bonchev–Trinajstić information content (AvgIpc) is 3.38. The van der Waals surface area contributed by atoms with Crippen LogP contribution in [0, 0.1) is 17.8 Å². The van der Waals surface area contributed by atoms with Crippen molar-refractivity contribution in [1.82, 2.24) is 0 Å². The molecule has 2 bridgehead atoms. The van der Waals surface area contributed by atoms with Crippen molar-refractivity contribution < 1.29 is 72.1 Å². The molecule has 2 heterocycles. The van der Waals surface area contributed by atoms with E-state index in [4.69, 9.17) is 37.9 Å². The Labute approximate surface area is 373 Å². The number of hydrogen-bond donors (Lipinski definition) is 2. The predicted octanol–water partition coefficient (Wildman–Crippen LogP) is 6.50. The molecule has 15 heteroatoms. The van der Waals surface area contributed by atoms with E-state index in [1.165, 1.54) is 83.3 Å². The van der Waals surface area contributed by atoms with E-state index < -0.39 is 112 Å². The molecule has 0 saturated carbocycles. The van der Waals surface area contributed by atoms with E-state index in [0.29, 0.717) is 12.3 Å². The number of rotatable bonds is 19. The standard InChI is InChI=1S/C48H74O15/c1-17-29(2)27-30(3)23-24-34(50)57-37-36(58-45(14,15)56-16)46(26-25-33(49)35(51)31(4)28-32-21-19-18-20-22-32)59-38(39(52)60-42(5,6)7)47(55,40(53)61-43(8,9)10)48(37,63-46)41(54)62-44(11,12)13/h18-24,29-31,35-38,51,55H,17,25-28H2,1-16H3/b24-23+/t29?,30?,31?,35?,36-,37-,38-,46-,47-,48-/m1/s1. The number of allylic oxidation sites excluding steroid dienone is 1. The van der Waals surface area contributed by atoms with E-state index in [9.17, 15) is 29.4 Å². The second kappa shape index (κ2) is 20.2. The van der Waals surface area contributed by atoms with Crippen molar-refractivity contribution in [3.05, 3.63) is 48.0 Å². The molecule has 356 valence electrons. The monoisotopic (exact) mass is 891 g/mol. The van der Waals surface area contributed by atoms with Crippen molar-refractivity contribution in [3.8, 4) is 0 Å². The third-order valence-electron chi connectivity index (χ3n) is 10.9. The number of carbonyl (C=O) groups is 5. The summed E-state index contributed by atoms with van der Waals surface area (Å²) in [5.41, 5.74) is -9.87. The highest BCUT2D eigenvalue weighted by Gasteiger charge is 2.87. The molecule has 63 heavy (non-hydrogen) atoms. The highest BCUT2D eigenvalue weighted by molar-refractivity contribution is 6.00. The van der Waals surface area contributed by atoms with Crippen LogP contribution >= 0.6 is 0 Å². The average molecular weight is 891 g/mol. The first-order valence-corrected chi connectivity index (χ1v) is 21.9. The number of ether oxygens (including phenoxy) is 8. The Bertz CT molecular complexity index is 1790. The molecular formula is C48H74O15. The minimum Gasteiger partial charge on any atom is -0.458 e. The molecule has 4 unspecified atom stereocenters. The smallest absolute Gasteiger partial charge is 0.347 e. The summed E-state index contributed by atoms with van der Waals surface area (Å²) < 4.78 is 48.9. The largest absolute Gasteiger partial charge is 0.458 e. The van der Waals surface area contributed by atoms with Gasteiger partial charge in [-0.3, -0.25) is 4.79 Å². The number of Topliss-reactive ketones (excluding diaryl/α,β-unsaturated/α-hetero) is 1. The molecule has 0 amide bonds. The van der Waals surface area contributed by atoms with Gasteiger partial charge in [-0.25, -0.2) is 19.2 Å². The molecule has 0 radical (unpaired) electrons. The number of aliphatic hydroxyl groups excluding tert-OH is 1. The third kappa shape index (κ3) is 13.2. The first-order chi connectivity index (χ1) is 28.8. The maximum atomic E-state index is 15.3. The summed E-state index contributed by atoms with van der Waals surface area (Å²) in [5, 5.41) is 24.7. The van der Waals surface area contributed by atoms with Crippen LogP contribution in [0.15, 0.2) is 42.5 Å². The molecule has 0 aromatic heterocycles. The second-order valence-corrected chi connectivity index (χ2v) is 20.6. The van der Waals surface area contributed by atoms with Crippen molar-refractivity contribution >= 4 is 29.7 Å². The molecular weight excluding hydrogens is 817 g/mol. The van der Waals surface area contributed by atoms with Gasteiger partial charge in [0.05, 0.1) is 0 Å². The summed E-state index contributed by atoms with van der Waals surface area (Å²) in [6.07, 6.45) is -4.39. The van der Waals surface area contributed by atoms with Crippen molar-refractivity contribution in [1.29, 1.82) is 0 Å². The van der Waals surface area contributed by atoms with Crippen LogP contribution < -0.4 is 0 Å². The highest BCUT2D eigenvalue weighted by atomic mass is 16.8. The fourth-order valence-corrected chi connectivity index (χ4v) is 7.60. The van der Waals surface area contributed by atoms with Gasteiger partial charge in [0.15, 0.2) is 23.8 Å². The Hall–Kier alpha value is -3.73. The quantitative estimate of drug-likeness (QED) is 0.0659. The van der Waals surface area contributed by atoms with Gasteiger partial charge in [-0.2, -0.15) is 0 Å². The third-order valence-corrected chi connectivity index (χ3v) is 10.9. The van der Waals surface area contributed by atoms with Crippen molar-refractivity contribution in [2.75, 3.05) is 7.11 Å². The topological polar surface area (TPSA) is 200 Å². The van der Waals surface area contributed by atoms with E-state index in [2.05, 4.69) is 13.8 Å². The fourth-order valence-electron chi connectivity index (χ4n) is 7.60. The van der Waals surface area contributed by atoms with Crippen LogP contribution in [0.1, 0.15) is 135 Å². The molecule has 3 rings (SSSR count). The van der Waals surface area contributed by atoms with E-state index in [-0.39, 0.29) is 5.92 Å². The lowest BCUT2D eigenvalue weighted by molar-refractivity contribution is -0.387. The Kier molecular flexibility index (Phi) is 17.2. The fraction of sp³-hybridized carbons (Fsp3) is 0.729. The van der Waals surface area contributed by atoms with Gasteiger partial charge in [0.2, 0.25) is 17.5 Å². The highest BCUT2D eigenvalue weighted by Crippen LogP contribution is 2.58. The van der Waals surface area contributed by atoms with Gasteiger partial charge in [0, 0.05) is 26.0 Å². The Morgan fingerprint density at radius 1 is 0.825 bits per heavy atom. The van der Waals surface area contributed by atoms with Crippen LogP contribution in [0.3, 0.4) is 0 Å². The normalized spacial score (nSPS) is 27.2. The number of esters is 4. The minimum atomic E-state index is -3.55. The van der Waals surface area contributed by atoms with Gasteiger partial charge in [-0.15, -0.1) is 0 Å². The van der Waals surface area contributed by atoms with Gasteiger partial charge >= 0.3 is 23.9 Å². The SMILES string of the molecule is CCC(C)CC(C)/C=C/C(=O)O[C@@H]1[C@@H](OC(C)(C)OC)[C@]2(CCC(=O)C(O)C(C)Cc3ccccc3)O[C@H](C(=O)OC(C)(C)C)[C@@](O)(C(=O)OC(C)(C)C)[C@@]1(C(=O)OC(C)(C)C)O2. The van der Waals surface area contributed by atoms with Crippen LogP contribution in [-0.2, 0) is 68.3 Å². The number of benzene rings is 1. The van der Waals surface area contributed by atoms with Gasteiger partial charge < -0.3 is 48.1 Å². The zero-order chi connectivity index (χ0) is 48.1. The van der Waals surface area contributed by atoms with Gasteiger partial charge in [-0.1, -0.05) is 70.5 Å². The molecule has 2 aliphatic rings. The van der Waals surface area contributed by atoms with E-state index in [0.717, 1.165) is 24.5 Å². The summed E-state index contributed by atoms with van der Waals surface area (Å²) >= 11 is 0. The summed E-state index contributed by atoms with van der Waals surface area (Å²) in [5.74, 6) is -10.6. The Morgan fingerprint density at radius 3 is 1.90 bits per heavy atom. The number of carbonyl (C=O) groups excluding carboxylic acids is 5. The molecule has 0 aliphatic carbocycles. The van der Waals surface area contributed by atoms with Gasteiger partial charge in [0.25, 0.3) is 5.60 Å². The Morgan fingerprint density at radius 2 is 1.38 bits per heavy atom. The van der Waals surface area contributed by atoms with Crippen molar-refractivity contribution in [2.24, 2.45) is 17.8 Å². The summed E-state index contributed by atoms with van der Waals surface area (Å²) in [7, 11) is 1.32. The number of aliphatic hydroxyl groups is 2. The number of methoxy groups -OCH3 is 1. The molecule has 2 N–H and O–H groups in total. The zero-order valence-electron chi connectivity index (χ0n) is 40.3. The van der Waals surface area contributed by atoms with Crippen LogP contribution in [0.25, 0.3) is 0 Å². The summed E-state index contributed by atoms with van der Waals surface area (Å²) in [6.45, 7) is 24.4. The number of fused-ring (bicyclic) bond motifs is 2. The van der Waals surface area contributed by atoms with E-state index in [1.54, 1.807) is 13.0 Å². The second-order valence-electron chi connectivity index (χ2n) is 20.6. The molecule has 10 atom stereocenters. The first kappa shape index (κ1) is 53.6. The van der Waals surface area contributed by atoms with Crippen LogP contribution in [0.2, 0.25) is 0 Å².